The van der Waals surface area contributed by atoms with Gasteiger partial charge in [0, 0.05) is 11.3 Å². The molecule has 0 aliphatic rings. The number of hydrogen-bond acceptors (Lipinski definition) is 6. The number of esters is 1. The Morgan fingerprint density at radius 2 is 2.19 bits per heavy atom. The van der Waals surface area contributed by atoms with Crippen LogP contribution in [0.1, 0.15) is 54.0 Å². The first-order valence-corrected chi connectivity index (χ1v) is 8.33. The zero-order valence-corrected chi connectivity index (χ0v) is 14.7. The van der Waals surface area contributed by atoms with E-state index in [1.807, 2.05) is 6.92 Å². The van der Waals surface area contributed by atoms with E-state index in [9.17, 15) is 9.18 Å². The van der Waals surface area contributed by atoms with E-state index in [1.54, 1.807) is 32.0 Å². The van der Waals surface area contributed by atoms with Crippen molar-refractivity contribution in [2.45, 2.75) is 39.7 Å². The average Bonchev–Trinajstić information content (AvgIpc) is 3.27. The number of aryl methyl sites for hydroxylation is 2. The van der Waals surface area contributed by atoms with Gasteiger partial charge in [0.2, 0.25) is 5.82 Å². The Morgan fingerprint density at radius 3 is 2.92 bits per heavy atom. The van der Waals surface area contributed by atoms with Crippen LogP contribution in [0.15, 0.2) is 28.8 Å². The van der Waals surface area contributed by atoms with Gasteiger partial charge in [-0.2, -0.15) is 10.1 Å². The number of aromatic amines is 1. The van der Waals surface area contributed by atoms with Crippen molar-refractivity contribution in [3.63, 3.8) is 0 Å². The highest BCUT2D eigenvalue weighted by molar-refractivity contribution is 5.87. The van der Waals surface area contributed by atoms with Crippen LogP contribution in [0.25, 0.3) is 11.4 Å². The van der Waals surface area contributed by atoms with E-state index in [0.717, 1.165) is 18.5 Å². The summed E-state index contributed by atoms with van der Waals surface area (Å²) in [5.41, 5.74) is 2.08. The summed E-state index contributed by atoms with van der Waals surface area (Å²) >= 11 is 0. The molecule has 0 fully saturated rings. The summed E-state index contributed by atoms with van der Waals surface area (Å²) in [7, 11) is 0. The predicted octanol–water partition coefficient (Wildman–Crippen LogP) is 3.78. The van der Waals surface area contributed by atoms with Gasteiger partial charge in [0.25, 0.3) is 5.89 Å². The monoisotopic (exact) mass is 358 g/mol. The van der Waals surface area contributed by atoms with Crippen molar-refractivity contribution in [3.8, 4) is 11.4 Å². The van der Waals surface area contributed by atoms with E-state index >= 15 is 0 Å². The largest absolute Gasteiger partial charge is 0.448 e. The van der Waals surface area contributed by atoms with Crippen molar-refractivity contribution in [1.82, 2.24) is 20.3 Å². The number of H-pyrrole nitrogens is 1. The second kappa shape index (κ2) is 7.47. The molecule has 2 heterocycles. The summed E-state index contributed by atoms with van der Waals surface area (Å²) in [6.45, 7) is 5.32. The number of nitrogens with one attached hydrogen (secondary N) is 1. The second-order valence-electron chi connectivity index (χ2n) is 6.00. The van der Waals surface area contributed by atoms with Crippen LogP contribution in [0.2, 0.25) is 0 Å². The van der Waals surface area contributed by atoms with Crippen LogP contribution in [-0.2, 0) is 11.2 Å². The van der Waals surface area contributed by atoms with Crippen molar-refractivity contribution in [2.75, 3.05) is 0 Å². The molecule has 0 aliphatic heterocycles. The second-order valence-corrected chi connectivity index (χ2v) is 6.00. The number of nitrogens with zero attached hydrogens (tertiary/aromatic N) is 3. The Bertz CT molecular complexity index is 919. The molecule has 26 heavy (non-hydrogen) atoms. The Hall–Kier alpha value is -3.03. The SMILES string of the molecule is CCCc1cc(C(=O)OC(C)c2nc(-c3ccc(C)c(F)c3)no2)n[nH]1. The first-order valence-electron chi connectivity index (χ1n) is 8.33. The van der Waals surface area contributed by atoms with Crippen LogP contribution < -0.4 is 0 Å². The summed E-state index contributed by atoms with van der Waals surface area (Å²) in [4.78, 5) is 16.3. The standard InChI is InChI=1S/C18H19FN4O3/c1-4-5-13-9-15(22-21-13)18(24)25-11(3)17-20-16(23-26-17)12-7-6-10(2)14(19)8-12/h6-9,11H,4-5H2,1-3H3,(H,21,22). The number of halogens is 1. The van der Waals surface area contributed by atoms with E-state index in [2.05, 4.69) is 20.3 Å². The fourth-order valence-electron chi connectivity index (χ4n) is 2.38. The van der Waals surface area contributed by atoms with Gasteiger partial charge in [-0.3, -0.25) is 5.10 Å². The minimum absolute atomic E-state index is 0.124. The normalized spacial score (nSPS) is 12.2. The maximum atomic E-state index is 13.7. The van der Waals surface area contributed by atoms with Gasteiger partial charge in [-0.25, -0.2) is 9.18 Å². The summed E-state index contributed by atoms with van der Waals surface area (Å²) in [5, 5.41) is 10.6. The molecule has 8 heteroatoms. The highest BCUT2D eigenvalue weighted by Gasteiger charge is 2.22. The third-order valence-electron chi connectivity index (χ3n) is 3.86. The zero-order chi connectivity index (χ0) is 18.7. The fourth-order valence-corrected chi connectivity index (χ4v) is 2.38. The molecule has 0 saturated carbocycles. The number of rotatable bonds is 6. The maximum absolute atomic E-state index is 13.7. The number of carbonyl (C=O) groups excluding carboxylic acids is 1. The molecule has 136 valence electrons. The van der Waals surface area contributed by atoms with E-state index in [-0.39, 0.29) is 23.2 Å². The van der Waals surface area contributed by atoms with Crippen molar-refractivity contribution in [3.05, 3.63) is 52.9 Å². The van der Waals surface area contributed by atoms with Gasteiger partial charge in [0.05, 0.1) is 0 Å². The van der Waals surface area contributed by atoms with Crippen molar-refractivity contribution < 1.29 is 18.4 Å². The molecule has 0 aliphatic carbocycles. The van der Waals surface area contributed by atoms with Crippen LogP contribution in [0, 0.1) is 12.7 Å². The van der Waals surface area contributed by atoms with Gasteiger partial charge in [0.1, 0.15) is 5.82 Å². The number of aromatic nitrogens is 4. The quantitative estimate of drug-likeness (QED) is 0.674. The summed E-state index contributed by atoms with van der Waals surface area (Å²) in [5.74, 6) is -0.586. The molecule has 3 aromatic rings. The number of ether oxygens (including phenoxy) is 1. The fraction of sp³-hybridized carbons (Fsp3) is 0.333. The molecule has 1 atom stereocenters. The van der Waals surface area contributed by atoms with E-state index in [1.165, 1.54) is 6.07 Å². The molecule has 1 N–H and O–H groups in total. The van der Waals surface area contributed by atoms with Gasteiger partial charge in [-0.05, 0) is 38.0 Å². The molecular weight excluding hydrogens is 339 g/mol. The molecule has 1 aromatic carbocycles. The minimum Gasteiger partial charge on any atom is -0.448 e. The molecule has 2 aromatic heterocycles. The Morgan fingerprint density at radius 1 is 1.38 bits per heavy atom. The lowest BCUT2D eigenvalue weighted by Crippen LogP contribution is -2.10. The van der Waals surface area contributed by atoms with Gasteiger partial charge in [-0.1, -0.05) is 30.6 Å². The lowest BCUT2D eigenvalue weighted by atomic mass is 10.1. The number of carbonyl (C=O) groups is 1. The molecule has 0 amide bonds. The molecule has 7 nitrogen and oxygen atoms in total. The van der Waals surface area contributed by atoms with Gasteiger partial charge < -0.3 is 9.26 Å². The van der Waals surface area contributed by atoms with Crippen LogP contribution >= 0.6 is 0 Å². The lowest BCUT2D eigenvalue weighted by molar-refractivity contribution is 0.0258. The van der Waals surface area contributed by atoms with Crippen LogP contribution in [-0.4, -0.2) is 26.3 Å². The molecule has 0 saturated heterocycles. The molecule has 1 unspecified atom stereocenters. The maximum Gasteiger partial charge on any atom is 0.359 e. The van der Waals surface area contributed by atoms with Crippen LogP contribution in [0.3, 0.4) is 0 Å². The average molecular weight is 358 g/mol. The molecule has 0 radical (unpaired) electrons. The molecule has 3 rings (SSSR count). The Balaban J connectivity index is 1.70. The van der Waals surface area contributed by atoms with Crippen molar-refractivity contribution in [1.29, 1.82) is 0 Å². The third kappa shape index (κ3) is 3.79. The van der Waals surface area contributed by atoms with E-state index < -0.39 is 12.1 Å². The summed E-state index contributed by atoms with van der Waals surface area (Å²) in [6, 6.07) is 6.32. The highest BCUT2D eigenvalue weighted by atomic mass is 19.1. The number of benzene rings is 1. The molecule has 0 bridgehead atoms. The Labute approximate surface area is 149 Å². The first kappa shape index (κ1) is 17.8. The topological polar surface area (TPSA) is 93.9 Å². The highest BCUT2D eigenvalue weighted by Crippen LogP contribution is 2.23. The number of hydrogen-bond donors (Lipinski definition) is 1. The van der Waals surface area contributed by atoms with Crippen LogP contribution in [0.5, 0.6) is 0 Å². The first-order chi connectivity index (χ1) is 12.5. The van der Waals surface area contributed by atoms with Gasteiger partial charge in [0.15, 0.2) is 11.8 Å². The zero-order valence-electron chi connectivity index (χ0n) is 14.7. The molecule has 0 spiro atoms. The van der Waals surface area contributed by atoms with E-state index in [0.29, 0.717) is 11.1 Å². The third-order valence-corrected chi connectivity index (χ3v) is 3.86. The molecular formula is C18H19FN4O3. The Kier molecular flexibility index (Phi) is 5.11. The lowest BCUT2D eigenvalue weighted by Gasteiger charge is -2.07. The summed E-state index contributed by atoms with van der Waals surface area (Å²) in [6.07, 6.45) is 0.985. The van der Waals surface area contributed by atoms with Gasteiger partial charge >= 0.3 is 5.97 Å². The predicted molar refractivity (Wildman–Crippen MR) is 90.8 cm³/mol. The minimum atomic E-state index is -0.759. The summed E-state index contributed by atoms with van der Waals surface area (Å²) < 4.78 is 24.1. The van der Waals surface area contributed by atoms with Crippen LogP contribution in [0.4, 0.5) is 4.39 Å². The van der Waals surface area contributed by atoms with Crippen molar-refractivity contribution >= 4 is 5.97 Å². The van der Waals surface area contributed by atoms with Crippen molar-refractivity contribution in [2.24, 2.45) is 0 Å². The van der Waals surface area contributed by atoms with Gasteiger partial charge in [-0.15, -0.1) is 0 Å². The van der Waals surface area contributed by atoms with E-state index in [4.69, 9.17) is 9.26 Å². The smallest absolute Gasteiger partial charge is 0.359 e.